The molecule has 0 unspecified atom stereocenters. The van der Waals surface area contributed by atoms with Gasteiger partial charge in [0.25, 0.3) is 0 Å². The van der Waals surface area contributed by atoms with Crippen molar-refractivity contribution in [2.24, 2.45) is 11.7 Å². The number of ether oxygens (including phenoxy) is 1. The maximum Gasteiger partial charge on any atom is 0.408 e. The first-order chi connectivity index (χ1) is 12.8. The SMILES string of the molecule is CCCC[C@@H](NC(=O)[C@H](CC(C)C)NC(=O)OCc1ccccc1)C(N)=O. The fourth-order valence-corrected chi connectivity index (χ4v) is 2.58. The van der Waals surface area contributed by atoms with Crippen LogP contribution in [0.25, 0.3) is 0 Å². The molecule has 7 nitrogen and oxygen atoms in total. The third kappa shape index (κ3) is 9.08. The van der Waals surface area contributed by atoms with Crippen LogP contribution in [-0.4, -0.2) is 30.0 Å². The molecule has 0 bridgehead atoms. The number of carbonyl (C=O) groups excluding carboxylic acids is 3. The highest BCUT2D eigenvalue weighted by molar-refractivity contribution is 5.90. The summed E-state index contributed by atoms with van der Waals surface area (Å²) in [5, 5.41) is 5.25. The Labute approximate surface area is 161 Å². The van der Waals surface area contributed by atoms with Crippen molar-refractivity contribution in [3.63, 3.8) is 0 Å². The summed E-state index contributed by atoms with van der Waals surface area (Å²) in [6.07, 6.45) is 1.88. The van der Waals surface area contributed by atoms with E-state index in [4.69, 9.17) is 10.5 Å². The average Bonchev–Trinajstić information content (AvgIpc) is 2.63. The lowest BCUT2D eigenvalue weighted by atomic mass is 10.0. The number of alkyl carbamates (subject to hydrolysis) is 1. The van der Waals surface area contributed by atoms with Crippen molar-refractivity contribution in [1.82, 2.24) is 10.6 Å². The number of hydrogen-bond acceptors (Lipinski definition) is 4. The number of amides is 3. The van der Waals surface area contributed by atoms with Crippen LogP contribution in [0.5, 0.6) is 0 Å². The molecule has 0 aliphatic rings. The quantitative estimate of drug-likeness (QED) is 0.550. The van der Waals surface area contributed by atoms with Gasteiger partial charge in [0, 0.05) is 0 Å². The van der Waals surface area contributed by atoms with E-state index in [9.17, 15) is 14.4 Å². The van der Waals surface area contributed by atoms with Gasteiger partial charge in [-0.3, -0.25) is 9.59 Å². The molecule has 0 fully saturated rings. The monoisotopic (exact) mass is 377 g/mol. The highest BCUT2D eigenvalue weighted by Crippen LogP contribution is 2.08. The van der Waals surface area contributed by atoms with E-state index in [0.29, 0.717) is 12.8 Å². The van der Waals surface area contributed by atoms with Gasteiger partial charge in [0.2, 0.25) is 11.8 Å². The number of nitrogens with one attached hydrogen (secondary N) is 2. The first-order valence-corrected chi connectivity index (χ1v) is 9.40. The second kappa shape index (κ2) is 11.9. The molecule has 0 saturated heterocycles. The molecule has 0 heterocycles. The van der Waals surface area contributed by atoms with Gasteiger partial charge in [0.05, 0.1) is 0 Å². The van der Waals surface area contributed by atoms with E-state index in [2.05, 4.69) is 10.6 Å². The van der Waals surface area contributed by atoms with Crippen molar-refractivity contribution in [2.45, 2.75) is 65.1 Å². The zero-order chi connectivity index (χ0) is 20.2. The van der Waals surface area contributed by atoms with Crippen molar-refractivity contribution >= 4 is 17.9 Å². The highest BCUT2D eigenvalue weighted by Gasteiger charge is 2.26. The van der Waals surface area contributed by atoms with E-state index in [1.807, 2.05) is 51.1 Å². The van der Waals surface area contributed by atoms with Crippen LogP contribution in [-0.2, 0) is 20.9 Å². The molecule has 0 aliphatic heterocycles. The van der Waals surface area contributed by atoms with E-state index in [0.717, 1.165) is 18.4 Å². The van der Waals surface area contributed by atoms with Gasteiger partial charge in [-0.05, 0) is 24.3 Å². The minimum absolute atomic E-state index is 0.114. The molecular formula is C20H31N3O4. The fraction of sp³-hybridized carbons (Fsp3) is 0.550. The Morgan fingerprint density at radius 3 is 2.30 bits per heavy atom. The lowest BCUT2D eigenvalue weighted by molar-refractivity contribution is -0.129. The van der Waals surface area contributed by atoms with E-state index >= 15 is 0 Å². The summed E-state index contributed by atoms with van der Waals surface area (Å²) in [4.78, 5) is 36.2. The Hall–Kier alpha value is -2.57. The minimum atomic E-state index is -0.795. The number of unbranched alkanes of at least 4 members (excludes halogenated alkanes) is 1. The van der Waals surface area contributed by atoms with Crippen LogP contribution in [0.3, 0.4) is 0 Å². The van der Waals surface area contributed by atoms with Crippen molar-refractivity contribution in [3.8, 4) is 0 Å². The summed E-state index contributed by atoms with van der Waals surface area (Å²) in [7, 11) is 0. The molecule has 0 spiro atoms. The smallest absolute Gasteiger partial charge is 0.408 e. The number of nitrogens with two attached hydrogens (primary N) is 1. The third-order valence-electron chi connectivity index (χ3n) is 4.03. The van der Waals surface area contributed by atoms with Gasteiger partial charge in [-0.2, -0.15) is 0 Å². The summed E-state index contributed by atoms with van der Waals surface area (Å²) in [5.41, 5.74) is 6.23. The van der Waals surface area contributed by atoms with Gasteiger partial charge < -0.3 is 21.1 Å². The van der Waals surface area contributed by atoms with Crippen LogP contribution >= 0.6 is 0 Å². The lowest BCUT2D eigenvalue weighted by Crippen LogP contribution is -2.53. The molecule has 1 rings (SSSR count). The molecule has 0 radical (unpaired) electrons. The molecule has 0 saturated carbocycles. The van der Waals surface area contributed by atoms with Gasteiger partial charge in [-0.25, -0.2) is 4.79 Å². The fourth-order valence-electron chi connectivity index (χ4n) is 2.58. The number of carbonyl (C=O) groups is 3. The largest absolute Gasteiger partial charge is 0.445 e. The van der Waals surface area contributed by atoms with Gasteiger partial charge >= 0.3 is 6.09 Å². The standard InChI is InChI=1S/C20H31N3O4/c1-4-5-11-16(18(21)24)22-19(25)17(12-14(2)3)23-20(26)27-13-15-9-7-6-8-10-15/h6-10,14,16-17H,4-5,11-13H2,1-3H3,(H2,21,24)(H,22,25)(H,23,26)/t16-,17+/m1/s1. The van der Waals surface area contributed by atoms with Crippen molar-refractivity contribution < 1.29 is 19.1 Å². The molecule has 0 aliphatic carbocycles. The lowest BCUT2D eigenvalue weighted by Gasteiger charge is -2.23. The van der Waals surface area contributed by atoms with E-state index < -0.39 is 30.0 Å². The average molecular weight is 377 g/mol. The number of primary amides is 1. The topological polar surface area (TPSA) is 111 Å². The van der Waals surface area contributed by atoms with E-state index in [1.54, 1.807) is 0 Å². The predicted molar refractivity (Wildman–Crippen MR) is 104 cm³/mol. The molecule has 4 N–H and O–H groups in total. The Morgan fingerprint density at radius 2 is 1.74 bits per heavy atom. The second-order valence-electron chi connectivity index (χ2n) is 6.99. The normalized spacial score (nSPS) is 12.9. The summed E-state index contributed by atoms with van der Waals surface area (Å²) in [5.74, 6) is -0.843. The molecule has 1 aromatic rings. The second-order valence-corrected chi connectivity index (χ2v) is 6.99. The Bertz CT molecular complexity index is 605. The summed E-state index contributed by atoms with van der Waals surface area (Å²) in [6, 6.07) is 7.73. The van der Waals surface area contributed by atoms with Crippen LogP contribution in [0, 0.1) is 5.92 Å². The number of hydrogen-bond donors (Lipinski definition) is 3. The molecular weight excluding hydrogens is 346 g/mol. The zero-order valence-corrected chi connectivity index (χ0v) is 16.4. The van der Waals surface area contributed by atoms with Crippen LogP contribution in [0.4, 0.5) is 4.79 Å². The molecule has 2 atom stereocenters. The van der Waals surface area contributed by atoms with Gasteiger partial charge in [-0.15, -0.1) is 0 Å². The summed E-state index contributed by atoms with van der Waals surface area (Å²) >= 11 is 0. The minimum Gasteiger partial charge on any atom is -0.445 e. The van der Waals surface area contributed by atoms with Gasteiger partial charge in [0.1, 0.15) is 18.7 Å². The van der Waals surface area contributed by atoms with E-state index in [-0.39, 0.29) is 12.5 Å². The van der Waals surface area contributed by atoms with Crippen molar-refractivity contribution in [2.75, 3.05) is 0 Å². The number of benzene rings is 1. The van der Waals surface area contributed by atoms with Crippen molar-refractivity contribution in [3.05, 3.63) is 35.9 Å². The summed E-state index contributed by atoms with van der Waals surface area (Å²) in [6.45, 7) is 5.99. The molecule has 0 aromatic heterocycles. The maximum atomic E-state index is 12.6. The highest BCUT2D eigenvalue weighted by atomic mass is 16.5. The van der Waals surface area contributed by atoms with Crippen LogP contribution in [0.15, 0.2) is 30.3 Å². The van der Waals surface area contributed by atoms with Gasteiger partial charge in [0.15, 0.2) is 0 Å². The molecule has 7 heteroatoms. The Morgan fingerprint density at radius 1 is 1.07 bits per heavy atom. The number of rotatable bonds is 11. The summed E-state index contributed by atoms with van der Waals surface area (Å²) < 4.78 is 5.19. The molecule has 27 heavy (non-hydrogen) atoms. The predicted octanol–water partition coefficient (Wildman–Crippen LogP) is 2.49. The maximum absolute atomic E-state index is 12.6. The third-order valence-corrected chi connectivity index (χ3v) is 4.03. The van der Waals surface area contributed by atoms with Crippen LogP contribution in [0.2, 0.25) is 0 Å². The van der Waals surface area contributed by atoms with Crippen LogP contribution < -0.4 is 16.4 Å². The van der Waals surface area contributed by atoms with Crippen LogP contribution in [0.1, 0.15) is 52.0 Å². The van der Waals surface area contributed by atoms with Crippen molar-refractivity contribution in [1.29, 1.82) is 0 Å². The van der Waals surface area contributed by atoms with Gasteiger partial charge in [-0.1, -0.05) is 63.9 Å². The Balaban J connectivity index is 2.65. The molecule has 1 aromatic carbocycles. The first kappa shape index (κ1) is 22.5. The zero-order valence-electron chi connectivity index (χ0n) is 16.4. The Kier molecular flexibility index (Phi) is 9.93. The van der Waals surface area contributed by atoms with E-state index in [1.165, 1.54) is 0 Å². The molecule has 150 valence electrons. The molecule has 3 amide bonds. The first-order valence-electron chi connectivity index (χ1n) is 9.40.